The van der Waals surface area contributed by atoms with Crippen molar-refractivity contribution in [1.82, 2.24) is 9.88 Å². The molecule has 0 bridgehead atoms. The van der Waals surface area contributed by atoms with Gasteiger partial charge in [0, 0.05) is 30.0 Å². The Kier molecular flexibility index (Phi) is 7.91. The molecule has 8 heteroatoms. The van der Waals surface area contributed by atoms with E-state index >= 15 is 0 Å². The summed E-state index contributed by atoms with van der Waals surface area (Å²) < 4.78 is 0. The van der Waals surface area contributed by atoms with Gasteiger partial charge in [0.05, 0.1) is 10.7 Å². The lowest BCUT2D eigenvalue weighted by molar-refractivity contribution is -0.121. The summed E-state index contributed by atoms with van der Waals surface area (Å²) in [7, 11) is 0. The van der Waals surface area contributed by atoms with Crippen molar-refractivity contribution in [1.29, 1.82) is 0 Å². The highest BCUT2D eigenvalue weighted by atomic mass is 35.5. The van der Waals surface area contributed by atoms with E-state index in [1.54, 1.807) is 23.9 Å². The number of carbonyl (C=O) groups is 2. The van der Waals surface area contributed by atoms with Crippen LogP contribution in [-0.2, 0) is 9.59 Å². The number of piperidine rings is 1. The number of nitrogens with one attached hydrogen (secondary N) is 2. The Bertz CT molecular complexity index is 839. The van der Waals surface area contributed by atoms with Gasteiger partial charge in [-0.2, -0.15) is 0 Å². The van der Waals surface area contributed by atoms with Gasteiger partial charge in [-0.3, -0.25) is 9.59 Å². The van der Waals surface area contributed by atoms with Crippen LogP contribution in [0.25, 0.3) is 0 Å². The first-order valence-electron chi connectivity index (χ1n) is 9.63. The van der Waals surface area contributed by atoms with Gasteiger partial charge in [0.2, 0.25) is 11.8 Å². The maximum atomic E-state index is 12.4. The highest BCUT2D eigenvalue weighted by Crippen LogP contribution is 2.25. The van der Waals surface area contributed by atoms with E-state index in [1.807, 2.05) is 30.5 Å². The summed E-state index contributed by atoms with van der Waals surface area (Å²) in [4.78, 5) is 32.1. The molecule has 2 heterocycles. The Hall–Kier alpha value is -2.09. The van der Waals surface area contributed by atoms with E-state index in [2.05, 4.69) is 20.5 Å². The molecular formula is C21H25ClN4O2S. The van der Waals surface area contributed by atoms with Gasteiger partial charge in [0.1, 0.15) is 5.82 Å². The summed E-state index contributed by atoms with van der Waals surface area (Å²) in [5.74, 6) is 0.487. The highest BCUT2D eigenvalue weighted by Gasteiger charge is 2.25. The summed E-state index contributed by atoms with van der Waals surface area (Å²) in [6.45, 7) is 2.31. The monoisotopic (exact) mass is 432 g/mol. The minimum absolute atomic E-state index is 0.00844. The molecular weight excluding hydrogens is 408 g/mol. The topological polar surface area (TPSA) is 74.3 Å². The van der Waals surface area contributed by atoms with Crippen molar-refractivity contribution in [3.05, 3.63) is 47.6 Å². The van der Waals surface area contributed by atoms with Crippen molar-refractivity contribution in [3.63, 3.8) is 0 Å². The van der Waals surface area contributed by atoms with Crippen LogP contribution in [0, 0.1) is 5.92 Å². The molecule has 1 fully saturated rings. The maximum Gasteiger partial charge on any atom is 0.228 e. The zero-order valence-corrected chi connectivity index (χ0v) is 17.9. The fraction of sp³-hybridized carbons (Fsp3) is 0.381. The van der Waals surface area contributed by atoms with Crippen molar-refractivity contribution in [2.75, 3.05) is 36.5 Å². The number of anilines is 2. The van der Waals surface area contributed by atoms with Crippen LogP contribution in [0.15, 0.2) is 47.5 Å². The molecule has 1 aromatic carbocycles. The first-order valence-corrected chi connectivity index (χ1v) is 11.2. The molecule has 0 radical (unpaired) electrons. The lowest BCUT2D eigenvalue weighted by atomic mass is 9.96. The first kappa shape index (κ1) is 21.6. The molecule has 3 rings (SSSR count). The third-order valence-electron chi connectivity index (χ3n) is 4.97. The Morgan fingerprint density at radius 3 is 2.62 bits per heavy atom. The molecule has 29 heavy (non-hydrogen) atoms. The number of aromatic nitrogens is 1. The van der Waals surface area contributed by atoms with E-state index in [9.17, 15) is 9.59 Å². The van der Waals surface area contributed by atoms with Gasteiger partial charge in [0.25, 0.3) is 0 Å². The van der Waals surface area contributed by atoms with Crippen LogP contribution in [0.1, 0.15) is 19.3 Å². The molecule has 6 nitrogen and oxygen atoms in total. The fourth-order valence-electron chi connectivity index (χ4n) is 3.32. The molecule has 2 amide bonds. The maximum absolute atomic E-state index is 12.4. The van der Waals surface area contributed by atoms with Crippen molar-refractivity contribution in [2.45, 2.75) is 24.2 Å². The van der Waals surface area contributed by atoms with E-state index in [0.717, 1.165) is 36.5 Å². The second kappa shape index (κ2) is 10.6. The van der Waals surface area contributed by atoms with E-state index in [0.29, 0.717) is 23.8 Å². The highest BCUT2D eigenvalue weighted by molar-refractivity contribution is 7.98. The number of pyridine rings is 1. The van der Waals surface area contributed by atoms with E-state index in [-0.39, 0.29) is 17.7 Å². The molecule has 0 saturated carbocycles. The molecule has 2 N–H and O–H groups in total. The zero-order valence-electron chi connectivity index (χ0n) is 16.4. The van der Waals surface area contributed by atoms with Gasteiger partial charge in [-0.25, -0.2) is 4.98 Å². The van der Waals surface area contributed by atoms with Crippen molar-refractivity contribution < 1.29 is 9.59 Å². The van der Waals surface area contributed by atoms with E-state index < -0.39 is 0 Å². The molecule has 0 spiro atoms. The van der Waals surface area contributed by atoms with Crippen LogP contribution in [0.3, 0.4) is 0 Å². The summed E-state index contributed by atoms with van der Waals surface area (Å²) >= 11 is 7.43. The number of hydrogen-bond acceptors (Lipinski definition) is 5. The molecule has 1 saturated heterocycles. The summed E-state index contributed by atoms with van der Waals surface area (Å²) in [6, 6.07) is 11.2. The molecule has 0 unspecified atom stereocenters. The van der Waals surface area contributed by atoms with Crippen LogP contribution in [0.4, 0.5) is 11.5 Å². The number of para-hydroxylation sites is 1. The molecule has 0 atom stereocenters. The number of thioether (sulfide) groups is 1. The standard InChI is InChI=1S/C21H25ClN4O2S/c1-29-18-5-3-2-4-17(18)24-20(27)10-13-26-11-8-15(9-12-26)21(28)25-19-7-6-16(22)14-23-19/h2-7,14-15H,8-13H2,1H3,(H,24,27)(H,23,25,28). The minimum Gasteiger partial charge on any atom is -0.325 e. The largest absolute Gasteiger partial charge is 0.325 e. The quantitative estimate of drug-likeness (QED) is 0.643. The molecule has 1 aliphatic heterocycles. The SMILES string of the molecule is CSc1ccccc1NC(=O)CCN1CCC(C(=O)Nc2ccc(Cl)cn2)CC1. The van der Waals surface area contributed by atoms with Crippen molar-refractivity contribution in [2.24, 2.45) is 5.92 Å². The smallest absolute Gasteiger partial charge is 0.228 e. The average molecular weight is 433 g/mol. The van der Waals surface area contributed by atoms with Gasteiger partial charge in [-0.05, 0) is 56.5 Å². The first-order chi connectivity index (χ1) is 14.0. The van der Waals surface area contributed by atoms with Gasteiger partial charge in [0.15, 0.2) is 0 Å². The average Bonchev–Trinajstić information content (AvgIpc) is 2.74. The van der Waals surface area contributed by atoms with Gasteiger partial charge < -0.3 is 15.5 Å². The Morgan fingerprint density at radius 2 is 1.93 bits per heavy atom. The summed E-state index contributed by atoms with van der Waals surface area (Å²) in [5.41, 5.74) is 0.858. The summed E-state index contributed by atoms with van der Waals surface area (Å²) in [5, 5.41) is 6.38. The molecule has 1 aliphatic rings. The van der Waals surface area contributed by atoms with Crippen molar-refractivity contribution in [3.8, 4) is 0 Å². The third kappa shape index (κ3) is 6.45. The normalized spacial score (nSPS) is 15.1. The number of hydrogen-bond donors (Lipinski definition) is 2. The minimum atomic E-state index is -0.0361. The van der Waals surface area contributed by atoms with Crippen LogP contribution >= 0.6 is 23.4 Å². The number of carbonyl (C=O) groups excluding carboxylic acids is 2. The predicted octanol–water partition coefficient (Wildman–Crippen LogP) is 4.14. The molecule has 1 aromatic heterocycles. The number of halogens is 1. The lowest BCUT2D eigenvalue weighted by Gasteiger charge is -2.31. The predicted molar refractivity (Wildman–Crippen MR) is 119 cm³/mol. The molecule has 0 aliphatic carbocycles. The van der Waals surface area contributed by atoms with Crippen LogP contribution in [0.2, 0.25) is 5.02 Å². The number of benzene rings is 1. The Labute approximate surface area is 180 Å². The van der Waals surface area contributed by atoms with Crippen LogP contribution < -0.4 is 10.6 Å². The van der Waals surface area contributed by atoms with Gasteiger partial charge in [-0.1, -0.05) is 23.7 Å². The fourth-order valence-corrected chi connectivity index (χ4v) is 3.98. The molecule has 154 valence electrons. The number of amides is 2. The van der Waals surface area contributed by atoms with Gasteiger partial charge >= 0.3 is 0 Å². The third-order valence-corrected chi connectivity index (χ3v) is 5.99. The molecule has 2 aromatic rings. The zero-order chi connectivity index (χ0) is 20.6. The van der Waals surface area contributed by atoms with Crippen LogP contribution in [-0.4, -0.2) is 47.6 Å². The van der Waals surface area contributed by atoms with Crippen LogP contribution in [0.5, 0.6) is 0 Å². The van der Waals surface area contributed by atoms with Gasteiger partial charge in [-0.15, -0.1) is 11.8 Å². The van der Waals surface area contributed by atoms with E-state index in [1.165, 1.54) is 6.20 Å². The number of likely N-dealkylation sites (tertiary alicyclic amines) is 1. The summed E-state index contributed by atoms with van der Waals surface area (Å²) in [6.07, 6.45) is 5.50. The second-order valence-corrected chi connectivity index (χ2v) is 8.25. The lowest BCUT2D eigenvalue weighted by Crippen LogP contribution is -2.39. The number of nitrogens with zero attached hydrogens (tertiary/aromatic N) is 2. The van der Waals surface area contributed by atoms with E-state index in [4.69, 9.17) is 11.6 Å². The second-order valence-electron chi connectivity index (χ2n) is 6.97. The number of rotatable bonds is 7. The Morgan fingerprint density at radius 1 is 1.17 bits per heavy atom. The Balaban J connectivity index is 1.39. The van der Waals surface area contributed by atoms with Crippen molar-refractivity contribution >= 4 is 46.7 Å².